The molecule has 5 nitrogen and oxygen atoms in total. The number of hydrogen-bond donors (Lipinski definition) is 0. The Morgan fingerprint density at radius 1 is 0.938 bits per heavy atom. The molecule has 0 bridgehead atoms. The van der Waals surface area contributed by atoms with E-state index in [1.165, 1.54) is 5.56 Å². The van der Waals surface area contributed by atoms with Crippen molar-refractivity contribution in [3.8, 4) is 5.75 Å². The summed E-state index contributed by atoms with van der Waals surface area (Å²) in [7, 11) is -4.06. The Morgan fingerprint density at radius 2 is 1.53 bits per heavy atom. The van der Waals surface area contributed by atoms with E-state index in [0.717, 1.165) is 49.1 Å². The summed E-state index contributed by atoms with van der Waals surface area (Å²) in [5.41, 5.74) is 2.73. The molecule has 4 rings (SSSR count). The van der Waals surface area contributed by atoms with E-state index in [0.29, 0.717) is 12.1 Å². The van der Waals surface area contributed by atoms with E-state index in [2.05, 4.69) is 6.92 Å². The van der Waals surface area contributed by atoms with Gasteiger partial charge in [0, 0.05) is 18.2 Å². The van der Waals surface area contributed by atoms with Gasteiger partial charge in [-0.2, -0.15) is 8.42 Å². The predicted molar refractivity (Wildman–Crippen MR) is 119 cm³/mol. The Labute approximate surface area is 187 Å². The molecule has 1 amide bonds. The number of nitrogens with zero attached hydrogens (tertiary/aromatic N) is 1. The normalized spacial score (nSPS) is 13.6. The maximum absolute atomic E-state index is 13.1. The summed E-state index contributed by atoms with van der Waals surface area (Å²) in [4.78, 5) is 14.8. The molecule has 0 unspecified atom stereocenters. The number of carbonyl (C=O) groups excluding carboxylic acids is 1. The van der Waals surface area contributed by atoms with Crippen molar-refractivity contribution >= 4 is 16.0 Å². The average molecular weight is 454 g/mol. The maximum atomic E-state index is 13.1. The van der Waals surface area contributed by atoms with Crippen LogP contribution in [0.5, 0.6) is 5.75 Å². The lowest BCUT2D eigenvalue weighted by atomic mass is 10.1. The molecule has 3 aromatic carbocycles. The molecule has 1 saturated carbocycles. The number of rotatable bonds is 8. The summed E-state index contributed by atoms with van der Waals surface area (Å²) >= 11 is 0. The Kier molecular flexibility index (Phi) is 6.28. The van der Waals surface area contributed by atoms with Crippen LogP contribution in [0.25, 0.3) is 0 Å². The highest BCUT2D eigenvalue weighted by Crippen LogP contribution is 2.30. The van der Waals surface area contributed by atoms with E-state index in [4.69, 9.17) is 4.18 Å². The number of aryl methyl sites for hydroxylation is 1. The predicted octanol–water partition coefficient (Wildman–Crippen LogP) is 4.96. The Hall–Kier alpha value is -3.19. The smallest absolute Gasteiger partial charge is 0.339 e. The van der Waals surface area contributed by atoms with Crippen LogP contribution in [0, 0.1) is 5.82 Å². The van der Waals surface area contributed by atoms with Crippen LogP contribution in [0.1, 0.15) is 41.3 Å². The minimum Gasteiger partial charge on any atom is -0.379 e. The molecule has 3 aromatic rings. The topological polar surface area (TPSA) is 63.7 Å². The van der Waals surface area contributed by atoms with Gasteiger partial charge in [-0.15, -0.1) is 0 Å². The van der Waals surface area contributed by atoms with Crippen molar-refractivity contribution in [2.45, 2.75) is 43.7 Å². The largest absolute Gasteiger partial charge is 0.379 e. The monoisotopic (exact) mass is 453 g/mol. The fourth-order valence-corrected chi connectivity index (χ4v) is 4.36. The van der Waals surface area contributed by atoms with Gasteiger partial charge in [0.05, 0.1) is 0 Å². The zero-order chi connectivity index (χ0) is 22.7. The number of carbonyl (C=O) groups is 1. The first-order valence-electron chi connectivity index (χ1n) is 10.5. The van der Waals surface area contributed by atoms with Gasteiger partial charge >= 0.3 is 10.1 Å². The summed E-state index contributed by atoms with van der Waals surface area (Å²) in [6.45, 7) is 2.51. The second-order valence-electron chi connectivity index (χ2n) is 7.85. The molecule has 0 heterocycles. The van der Waals surface area contributed by atoms with Gasteiger partial charge in [0.2, 0.25) is 0 Å². The van der Waals surface area contributed by atoms with Crippen LogP contribution in [0.15, 0.2) is 77.7 Å². The SMILES string of the molecule is CCc1ccc(C(=O)N(Cc2ccc(OS(=O)(=O)c3ccc(F)cc3)cc2)C2CC2)cc1. The van der Waals surface area contributed by atoms with E-state index in [9.17, 15) is 17.6 Å². The third-order valence-corrected chi connectivity index (χ3v) is 6.70. The van der Waals surface area contributed by atoms with Gasteiger partial charge < -0.3 is 9.08 Å². The lowest BCUT2D eigenvalue weighted by molar-refractivity contribution is 0.0730. The van der Waals surface area contributed by atoms with E-state index >= 15 is 0 Å². The molecule has 1 aliphatic rings. The van der Waals surface area contributed by atoms with Crippen molar-refractivity contribution in [3.63, 3.8) is 0 Å². The summed E-state index contributed by atoms with van der Waals surface area (Å²) in [6.07, 6.45) is 2.89. The van der Waals surface area contributed by atoms with Crippen molar-refractivity contribution in [1.82, 2.24) is 4.90 Å². The molecular formula is C25H24FNO4S. The lowest BCUT2D eigenvalue weighted by Crippen LogP contribution is -2.32. The molecule has 32 heavy (non-hydrogen) atoms. The number of halogens is 1. The molecule has 1 aliphatic carbocycles. The standard InChI is InChI=1S/C25H24FNO4S/c1-2-18-3-7-20(8-4-18)25(28)27(22-11-12-22)17-19-5-13-23(14-6-19)31-32(29,30)24-15-9-21(26)10-16-24/h3-10,13-16,22H,2,11-12,17H2,1H3. The van der Waals surface area contributed by atoms with Gasteiger partial charge in [0.1, 0.15) is 16.5 Å². The molecule has 0 atom stereocenters. The third-order valence-electron chi connectivity index (χ3n) is 5.44. The van der Waals surface area contributed by atoms with Crippen LogP contribution in [0.2, 0.25) is 0 Å². The first kappa shape index (κ1) is 22.0. The fraction of sp³-hybridized carbons (Fsp3) is 0.240. The first-order chi connectivity index (χ1) is 15.4. The van der Waals surface area contributed by atoms with E-state index in [-0.39, 0.29) is 22.6 Å². The summed E-state index contributed by atoms with van der Waals surface area (Å²) in [5, 5.41) is 0. The highest BCUT2D eigenvalue weighted by molar-refractivity contribution is 7.87. The van der Waals surface area contributed by atoms with E-state index in [1.54, 1.807) is 24.3 Å². The Morgan fingerprint density at radius 3 is 2.09 bits per heavy atom. The summed E-state index contributed by atoms with van der Waals surface area (Å²) in [6, 6.07) is 19.0. The van der Waals surface area contributed by atoms with Crippen LogP contribution in [0.3, 0.4) is 0 Å². The van der Waals surface area contributed by atoms with Crippen LogP contribution < -0.4 is 4.18 Å². The average Bonchev–Trinajstić information content (AvgIpc) is 3.63. The molecule has 166 valence electrons. The second-order valence-corrected chi connectivity index (χ2v) is 9.40. The first-order valence-corrected chi connectivity index (χ1v) is 12.0. The van der Waals surface area contributed by atoms with Crippen molar-refractivity contribution in [2.75, 3.05) is 0 Å². The molecule has 0 aromatic heterocycles. The number of amides is 1. The molecule has 0 aliphatic heterocycles. The van der Waals surface area contributed by atoms with Crippen molar-refractivity contribution in [2.24, 2.45) is 0 Å². The number of hydrogen-bond acceptors (Lipinski definition) is 4. The number of benzene rings is 3. The van der Waals surface area contributed by atoms with Gasteiger partial charge in [-0.1, -0.05) is 31.2 Å². The molecule has 0 spiro atoms. The van der Waals surface area contributed by atoms with E-state index in [1.807, 2.05) is 29.2 Å². The van der Waals surface area contributed by atoms with Gasteiger partial charge in [0.15, 0.2) is 0 Å². The van der Waals surface area contributed by atoms with Gasteiger partial charge in [-0.3, -0.25) is 4.79 Å². The molecular weight excluding hydrogens is 429 g/mol. The molecule has 1 fully saturated rings. The molecule has 7 heteroatoms. The second kappa shape index (κ2) is 9.12. The van der Waals surface area contributed by atoms with Crippen LogP contribution >= 0.6 is 0 Å². The molecule has 0 N–H and O–H groups in total. The third kappa shape index (κ3) is 5.16. The highest BCUT2D eigenvalue weighted by atomic mass is 32.2. The zero-order valence-corrected chi connectivity index (χ0v) is 18.5. The maximum Gasteiger partial charge on any atom is 0.339 e. The summed E-state index contributed by atoms with van der Waals surface area (Å²) in [5.74, 6) is -0.378. The van der Waals surface area contributed by atoms with Crippen LogP contribution in [-0.2, 0) is 23.1 Å². The summed E-state index contributed by atoms with van der Waals surface area (Å²) < 4.78 is 42.9. The van der Waals surface area contributed by atoms with Crippen molar-refractivity contribution in [1.29, 1.82) is 0 Å². The lowest BCUT2D eigenvalue weighted by Gasteiger charge is -2.23. The van der Waals surface area contributed by atoms with E-state index < -0.39 is 15.9 Å². The minimum atomic E-state index is -4.06. The van der Waals surface area contributed by atoms with Gasteiger partial charge in [-0.25, -0.2) is 4.39 Å². The zero-order valence-electron chi connectivity index (χ0n) is 17.7. The Bertz CT molecular complexity index is 1190. The fourth-order valence-electron chi connectivity index (χ4n) is 3.42. The van der Waals surface area contributed by atoms with Gasteiger partial charge in [0.25, 0.3) is 5.91 Å². The minimum absolute atomic E-state index is 0.00522. The molecule has 0 saturated heterocycles. The van der Waals surface area contributed by atoms with Crippen molar-refractivity contribution < 1.29 is 21.8 Å². The molecule has 0 radical (unpaired) electrons. The van der Waals surface area contributed by atoms with Crippen LogP contribution in [0.4, 0.5) is 4.39 Å². The van der Waals surface area contributed by atoms with Gasteiger partial charge in [-0.05, 0) is 78.9 Å². The quantitative estimate of drug-likeness (QED) is 0.452. The van der Waals surface area contributed by atoms with Crippen molar-refractivity contribution in [3.05, 3.63) is 95.3 Å². The highest BCUT2D eigenvalue weighted by Gasteiger charge is 2.33. The van der Waals surface area contributed by atoms with Crippen LogP contribution in [-0.4, -0.2) is 25.3 Å². The Balaban J connectivity index is 1.45.